The molecule has 0 saturated carbocycles. The molecule has 0 aliphatic carbocycles. The smallest absolute Gasteiger partial charge is 0.226 e. The second-order valence-corrected chi connectivity index (χ2v) is 4.87. The molecule has 1 aromatic rings. The molecule has 1 unspecified atom stereocenters. The van der Waals surface area contributed by atoms with E-state index >= 15 is 0 Å². The van der Waals surface area contributed by atoms with Gasteiger partial charge in [0.1, 0.15) is 5.82 Å². The van der Waals surface area contributed by atoms with Crippen LogP contribution in [-0.2, 0) is 9.53 Å². The molecule has 2 aliphatic rings. The summed E-state index contributed by atoms with van der Waals surface area (Å²) in [7, 11) is 0. The summed E-state index contributed by atoms with van der Waals surface area (Å²) in [5.74, 6) is -0.575. The van der Waals surface area contributed by atoms with E-state index in [1.807, 2.05) is 4.90 Å². The van der Waals surface area contributed by atoms with E-state index in [4.69, 9.17) is 16.3 Å². The van der Waals surface area contributed by atoms with Crippen LogP contribution in [0.2, 0.25) is 5.02 Å². The van der Waals surface area contributed by atoms with Crippen molar-refractivity contribution in [3.8, 4) is 0 Å². The van der Waals surface area contributed by atoms with Crippen molar-refractivity contribution in [1.29, 1.82) is 0 Å². The minimum Gasteiger partial charge on any atom is -0.377 e. The number of amides is 1. The third kappa shape index (κ3) is 1.93. The third-order valence-corrected chi connectivity index (χ3v) is 3.56. The first-order chi connectivity index (χ1) is 8.65. The number of carbonyl (C=O) groups is 1. The number of hydrogen-bond donors (Lipinski definition) is 1. The molecule has 2 heterocycles. The van der Waals surface area contributed by atoms with Gasteiger partial charge in [-0.3, -0.25) is 4.79 Å². The number of ether oxygens (including phenoxy) is 1. The highest BCUT2D eigenvalue weighted by Crippen LogP contribution is 2.36. The van der Waals surface area contributed by atoms with Gasteiger partial charge in [0.2, 0.25) is 5.91 Å². The number of nitrogens with one attached hydrogen (secondary N) is 1. The maximum atomic E-state index is 13.6. The van der Waals surface area contributed by atoms with E-state index in [2.05, 4.69) is 5.32 Å². The summed E-state index contributed by atoms with van der Waals surface area (Å²) in [6, 6.07) is 2.80. The van der Waals surface area contributed by atoms with Gasteiger partial charge in [-0.1, -0.05) is 11.6 Å². The van der Waals surface area contributed by atoms with Crippen molar-refractivity contribution in [3.63, 3.8) is 0 Å². The predicted molar refractivity (Wildman–Crippen MR) is 66.6 cm³/mol. The van der Waals surface area contributed by atoms with Crippen molar-refractivity contribution in [2.24, 2.45) is 0 Å². The lowest BCUT2D eigenvalue weighted by atomic mass is 10.1. The summed E-state index contributed by atoms with van der Waals surface area (Å²) in [5.41, 5.74) is 1.24. The number of halogens is 2. The van der Waals surface area contributed by atoms with E-state index in [1.54, 1.807) is 0 Å². The lowest BCUT2D eigenvalue weighted by molar-refractivity contribution is -0.116. The van der Waals surface area contributed by atoms with Crippen LogP contribution in [0.5, 0.6) is 0 Å². The first-order valence-electron chi connectivity index (χ1n) is 5.78. The number of carbonyl (C=O) groups excluding carboxylic acids is 1. The molecule has 18 heavy (non-hydrogen) atoms. The maximum absolute atomic E-state index is 13.6. The van der Waals surface area contributed by atoms with Crippen LogP contribution in [0, 0.1) is 5.82 Å². The lowest BCUT2D eigenvalue weighted by Crippen LogP contribution is -2.45. The molecule has 0 bridgehead atoms. The Hall–Kier alpha value is -1.33. The van der Waals surface area contributed by atoms with Gasteiger partial charge >= 0.3 is 0 Å². The van der Waals surface area contributed by atoms with Crippen molar-refractivity contribution < 1.29 is 13.9 Å². The van der Waals surface area contributed by atoms with Gasteiger partial charge in [0.25, 0.3) is 0 Å². The number of morpholine rings is 1. The minimum atomic E-state index is -0.475. The zero-order valence-electron chi connectivity index (χ0n) is 9.58. The monoisotopic (exact) mass is 270 g/mol. The fraction of sp³-hybridized carbons (Fsp3) is 0.417. The number of rotatable bonds is 0. The normalized spacial score (nSPS) is 22.9. The average Bonchev–Trinajstić information content (AvgIpc) is 2.46. The van der Waals surface area contributed by atoms with Crippen LogP contribution in [0.1, 0.15) is 6.42 Å². The molecule has 3 rings (SSSR count). The van der Waals surface area contributed by atoms with E-state index in [-0.39, 0.29) is 17.0 Å². The largest absolute Gasteiger partial charge is 0.377 e. The summed E-state index contributed by atoms with van der Waals surface area (Å²) in [6.45, 7) is 1.71. The Labute approximate surface area is 109 Å². The molecule has 6 heteroatoms. The fourth-order valence-corrected chi connectivity index (χ4v) is 2.59. The van der Waals surface area contributed by atoms with Gasteiger partial charge in [0.15, 0.2) is 0 Å². The van der Waals surface area contributed by atoms with Crippen molar-refractivity contribution in [2.45, 2.75) is 12.5 Å². The summed E-state index contributed by atoms with van der Waals surface area (Å²) in [6.07, 6.45) is 0.341. The van der Waals surface area contributed by atoms with Crippen molar-refractivity contribution in [1.82, 2.24) is 0 Å². The van der Waals surface area contributed by atoms with E-state index in [0.29, 0.717) is 37.6 Å². The summed E-state index contributed by atoms with van der Waals surface area (Å²) in [5, 5.41) is 2.77. The molecule has 0 spiro atoms. The highest BCUT2D eigenvalue weighted by molar-refractivity contribution is 6.31. The molecule has 1 saturated heterocycles. The number of fused-ring (bicyclic) bond motifs is 3. The van der Waals surface area contributed by atoms with E-state index in [9.17, 15) is 9.18 Å². The standard InChI is InChI=1S/C12H12ClFN2O2/c13-8-4-10-11(5-9(8)14)16-1-2-18-6-7(16)3-12(17)15-10/h4-5,7H,1-3,6H2,(H,15,17). The highest BCUT2D eigenvalue weighted by atomic mass is 35.5. The van der Waals surface area contributed by atoms with Gasteiger partial charge in [-0.05, 0) is 6.07 Å². The lowest BCUT2D eigenvalue weighted by Gasteiger charge is -2.36. The summed E-state index contributed by atoms with van der Waals surface area (Å²) < 4.78 is 19.0. The Morgan fingerprint density at radius 2 is 2.33 bits per heavy atom. The van der Waals surface area contributed by atoms with Crippen LogP contribution in [-0.4, -0.2) is 31.7 Å². The first-order valence-corrected chi connectivity index (χ1v) is 6.16. The quantitative estimate of drug-likeness (QED) is 0.784. The maximum Gasteiger partial charge on any atom is 0.226 e. The SMILES string of the molecule is O=C1CC2COCCN2c2cc(F)c(Cl)cc2N1. The Balaban J connectivity index is 2.09. The number of hydrogen-bond acceptors (Lipinski definition) is 3. The predicted octanol–water partition coefficient (Wildman–Crippen LogP) is 2.03. The Bertz CT molecular complexity index is 509. The van der Waals surface area contributed by atoms with Crippen LogP contribution < -0.4 is 10.2 Å². The van der Waals surface area contributed by atoms with Crippen LogP contribution in [0.25, 0.3) is 0 Å². The van der Waals surface area contributed by atoms with Crippen molar-refractivity contribution in [2.75, 3.05) is 30.0 Å². The number of nitrogens with zero attached hydrogens (tertiary/aromatic N) is 1. The molecule has 1 amide bonds. The van der Waals surface area contributed by atoms with Gasteiger partial charge in [-0.15, -0.1) is 0 Å². The summed E-state index contributed by atoms with van der Waals surface area (Å²) in [4.78, 5) is 13.8. The Morgan fingerprint density at radius 1 is 1.50 bits per heavy atom. The second-order valence-electron chi connectivity index (χ2n) is 4.46. The van der Waals surface area contributed by atoms with E-state index < -0.39 is 5.82 Å². The second kappa shape index (κ2) is 4.40. The third-order valence-electron chi connectivity index (χ3n) is 3.27. The molecule has 2 aliphatic heterocycles. The molecule has 1 fully saturated rings. The Kier molecular flexibility index (Phi) is 2.87. The molecule has 1 aromatic carbocycles. The van der Waals surface area contributed by atoms with Gasteiger partial charge in [0.05, 0.1) is 35.7 Å². The molecule has 1 N–H and O–H groups in total. The molecule has 0 radical (unpaired) electrons. The van der Waals surface area contributed by atoms with Gasteiger partial charge in [0, 0.05) is 19.0 Å². The van der Waals surface area contributed by atoms with Crippen LogP contribution in [0.3, 0.4) is 0 Å². The molecular formula is C12H12ClFN2O2. The number of anilines is 2. The fourth-order valence-electron chi connectivity index (χ4n) is 2.43. The topological polar surface area (TPSA) is 41.6 Å². The first kappa shape index (κ1) is 11.7. The minimum absolute atomic E-state index is 0.0146. The number of benzene rings is 1. The summed E-state index contributed by atoms with van der Waals surface area (Å²) >= 11 is 5.75. The van der Waals surface area contributed by atoms with Crippen molar-refractivity contribution >= 4 is 28.9 Å². The molecule has 4 nitrogen and oxygen atoms in total. The molecule has 1 atom stereocenters. The highest BCUT2D eigenvalue weighted by Gasteiger charge is 2.31. The van der Waals surface area contributed by atoms with Gasteiger partial charge in [-0.2, -0.15) is 0 Å². The Morgan fingerprint density at radius 3 is 3.17 bits per heavy atom. The van der Waals surface area contributed by atoms with Crippen LogP contribution in [0.15, 0.2) is 12.1 Å². The van der Waals surface area contributed by atoms with Crippen molar-refractivity contribution in [3.05, 3.63) is 23.0 Å². The zero-order chi connectivity index (χ0) is 12.7. The van der Waals surface area contributed by atoms with Crippen LogP contribution >= 0.6 is 11.6 Å². The van der Waals surface area contributed by atoms with E-state index in [0.717, 1.165) is 0 Å². The zero-order valence-corrected chi connectivity index (χ0v) is 10.3. The molecular weight excluding hydrogens is 259 g/mol. The molecule has 0 aromatic heterocycles. The average molecular weight is 271 g/mol. The van der Waals surface area contributed by atoms with Crippen LogP contribution in [0.4, 0.5) is 15.8 Å². The molecule has 96 valence electrons. The van der Waals surface area contributed by atoms with Gasteiger partial charge in [-0.25, -0.2) is 4.39 Å². The van der Waals surface area contributed by atoms with Gasteiger partial charge < -0.3 is 15.0 Å². The van der Waals surface area contributed by atoms with E-state index in [1.165, 1.54) is 12.1 Å².